The Balaban J connectivity index is 5.84. The molecule has 0 heterocycles. The fourth-order valence-corrected chi connectivity index (χ4v) is 16.1. The van der Waals surface area contributed by atoms with E-state index in [0.29, 0.717) is 16.6 Å². The van der Waals surface area contributed by atoms with Crippen LogP contribution in [0.3, 0.4) is 0 Å². The molecule has 158 valence electrons. The molecule has 0 aromatic heterocycles. The first kappa shape index (κ1) is 26.8. The third-order valence-corrected chi connectivity index (χ3v) is 23.1. The van der Waals surface area contributed by atoms with E-state index >= 15 is 0 Å². The van der Waals surface area contributed by atoms with E-state index < -0.39 is 32.8 Å². The molecule has 0 aromatic rings. The zero-order valence-corrected chi connectivity index (χ0v) is 23.3. The first-order chi connectivity index (χ1) is 11.6. The highest BCUT2D eigenvalue weighted by molar-refractivity contribution is 7.53. The van der Waals surface area contributed by atoms with Crippen LogP contribution in [0.2, 0.25) is 55.9 Å². The molecule has 4 nitrogen and oxygen atoms in total. The van der Waals surface area contributed by atoms with Crippen LogP contribution in [0.5, 0.6) is 0 Å². The summed E-state index contributed by atoms with van der Waals surface area (Å²) in [4.78, 5) is 0. The van der Waals surface area contributed by atoms with E-state index in [9.17, 15) is 4.57 Å². The second-order valence-corrected chi connectivity index (χ2v) is 25.1. The van der Waals surface area contributed by atoms with Gasteiger partial charge in [-0.1, -0.05) is 60.8 Å². The van der Waals surface area contributed by atoms with Crippen LogP contribution in [0, 0.1) is 0 Å². The van der Waals surface area contributed by atoms with Crippen LogP contribution in [0.1, 0.15) is 60.8 Å². The molecule has 0 N–H and O–H groups in total. The second-order valence-electron chi connectivity index (χ2n) is 9.46. The lowest BCUT2D eigenvalue weighted by Gasteiger charge is -2.41. The molecule has 8 heteroatoms. The van der Waals surface area contributed by atoms with Gasteiger partial charge in [-0.25, -0.2) is 4.57 Å². The third kappa shape index (κ3) is 7.65. The van der Waals surface area contributed by atoms with Crippen LogP contribution in [0.25, 0.3) is 0 Å². The van der Waals surface area contributed by atoms with Crippen molar-refractivity contribution in [1.82, 2.24) is 0 Å². The molecule has 0 aliphatic heterocycles. The van der Waals surface area contributed by atoms with Crippen molar-refractivity contribution < 1.29 is 17.2 Å². The lowest BCUT2D eigenvalue weighted by Crippen LogP contribution is -2.42. The van der Waals surface area contributed by atoms with Crippen molar-refractivity contribution >= 4 is 32.8 Å². The minimum atomic E-state index is -3.60. The second kappa shape index (κ2) is 9.99. The molecule has 0 aromatic carbocycles. The van der Waals surface area contributed by atoms with Crippen molar-refractivity contribution in [3.05, 3.63) is 0 Å². The highest BCUT2D eigenvalue weighted by atomic mass is 31.2. The van der Waals surface area contributed by atoms with Gasteiger partial charge < -0.3 is 12.6 Å². The Bertz CT molecular complexity index is 416. The third-order valence-electron chi connectivity index (χ3n) is 6.44. The van der Waals surface area contributed by atoms with Gasteiger partial charge in [-0.3, -0.25) is 0 Å². The van der Waals surface area contributed by atoms with Crippen molar-refractivity contribution in [2.75, 3.05) is 0 Å². The van der Waals surface area contributed by atoms with Crippen molar-refractivity contribution in [2.45, 2.75) is 117 Å². The van der Waals surface area contributed by atoms with Crippen LogP contribution >= 0.6 is 7.82 Å². The van der Waals surface area contributed by atoms with Crippen molar-refractivity contribution in [1.29, 1.82) is 0 Å². The summed E-state index contributed by atoms with van der Waals surface area (Å²) in [6.45, 7) is 25.8. The summed E-state index contributed by atoms with van der Waals surface area (Å²) in [6.07, 6.45) is 3.03. The number of rotatable bonds is 12. The highest BCUT2D eigenvalue weighted by Gasteiger charge is 2.48. The molecule has 0 radical (unpaired) electrons. The monoisotopic (exact) mass is 440 g/mol. The lowest BCUT2D eigenvalue weighted by molar-refractivity contribution is 0.280. The Labute approximate surface area is 166 Å². The molecule has 0 fully saturated rings. The number of hydrogen-bond acceptors (Lipinski definition) is 4. The normalized spacial score (nSPS) is 19.7. The van der Waals surface area contributed by atoms with E-state index in [-0.39, 0.29) is 0 Å². The summed E-state index contributed by atoms with van der Waals surface area (Å²) in [5, 5.41) is 0. The fourth-order valence-electron chi connectivity index (χ4n) is 2.67. The summed E-state index contributed by atoms with van der Waals surface area (Å²) >= 11 is 0. The van der Waals surface area contributed by atoms with Gasteiger partial charge in [0.2, 0.25) is 25.0 Å². The molecule has 3 atom stereocenters. The van der Waals surface area contributed by atoms with Crippen LogP contribution in [-0.2, 0) is 17.2 Å². The van der Waals surface area contributed by atoms with E-state index in [1.807, 2.05) is 0 Å². The molecule has 3 unspecified atom stereocenters. The molecule has 0 aliphatic carbocycles. The minimum Gasteiger partial charge on any atom is -0.331 e. The molecule has 26 heavy (non-hydrogen) atoms. The Morgan fingerprint density at radius 1 is 0.615 bits per heavy atom. The predicted octanol–water partition coefficient (Wildman–Crippen LogP) is 8.16. The molecule has 0 saturated carbocycles. The fraction of sp³-hybridized carbons (Fsp3) is 1.00. The van der Waals surface area contributed by atoms with E-state index in [1.165, 1.54) is 0 Å². The van der Waals surface area contributed by atoms with Gasteiger partial charge in [-0.2, -0.15) is 0 Å². The molecule has 0 amide bonds. The number of phosphoric acid groups is 1. The van der Waals surface area contributed by atoms with Gasteiger partial charge in [0.15, 0.2) is 0 Å². The van der Waals surface area contributed by atoms with Gasteiger partial charge in [0, 0.05) is 0 Å². The van der Waals surface area contributed by atoms with Gasteiger partial charge >= 0.3 is 7.82 Å². The Kier molecular flexibility index (Phi) is 10.3. The average molecular weight is 441 g/mol. The van der Waals surface area contributed by atoms with Gasteiger partial charge in [0.05, 0.1) is 0 Å². The topological polar surface area (TPSA) is 44.8 Å². The largest absolute Gasteiger partial charge is 0.445 e. The zero-order chi connectivity index (χ0) is 21.0. The summed E-state index contributed by atoms with van der Waals surface area (Å²) in [7, 11) is -10.2. The van der Waals surface area contributed by atoms with Crippen molar-refractivity contribution in [3.63, 3.8) is 0 Å². The van der Waals surface area contributed by atoms with Crippen LogP contribution < -0.4 is 0 Å². The first-order valence-corrected chi connectivity index (χ1v) is 20.7. The van der Waals surface area contributed by atoms with Crippen LogP contribution in [-0.4, -0.2) is 25.0 Å². The zero-order valence-electron chi connectivity index (χ0n) is 19.4. The lowest BCUT2D eigenvalue weighted by atomic mass is 10.4. The van der Waals surface area contributed by atoms with Crippen LogP contribution in [0.15, 0.2) is 0 Å². The first-order valence-electron chi connectivity index (χ1n) is 10.3. The molecule has 0 rings (SSSR count). The van der Waals surface area contributed by atoms with E-state index in [0.717, 1.165) is 19.3 Å². The maximum absolute atomic E-state index is 14.0. The maximum atomic E-state index is 14.0. The summed E-state index contributed by atoms with van der Waals surface area (Å²) in [6, 6.07) is 0. The molecule has 0 aliphatic rings. The highest BCUT2D eigenvalue weighted by Crippen LogP contribution is 2.59. The standard InChI is InChI=1S/C18H45O4PSi3/c1-13-16(4)24(7,8)20-23(19,21-25(9,10)17(5)14-2)22-26(11,12)18(6)15-3/h16-18H,13-15H2,1-12H3. The quantitative estimate of drug-likeness (QED) is 0.227. The summed E-state index contributed by atoms with van der Waals surface area (Å²) in [5.74, 6) is 0. The van der Waals surface area contributed by atoms with Gasteiger partial charge in [0.1, 0.15) is 0 Å². The van der Waals surface area contributed by atoms with Gasteiger partial charge in [-0.15, -0.1) is 0 Å². The maximum Gasteiger partial charge on any atom is 0.445 e. The van der Waals surface area contributed by atoms with E-state index in [2.05, 4.69) is 80.8 Å². The predicted molar refractivity (Wildman–Crippen MR) is 122 cm³/mol. The van der Waals surface area contributed by atoms with E-state index in [1.54, 1.807) is 0 Å². The Morgan fingerprint density at radius 2 is 0.808 bits per heavy atom. The summed E-state index contributed by atoms with van der Waals surface area (Å²) < 4.78 is 33.0. The van der Waals surface area contributed by atoms with Crippen molar-refractivity contribution in [3.8, 4) is 0 Å². The molecular formula is C18H45O4PSi3. The minimum absolute atomic E-state index is 0.393. The SMILES string of the molecule is CCC(C)[Si](C)(C)OP(=O)(O[Si](C)(C)C(C)CC)O[Si](C)(C)C(C)CC. The van der Waals surface area contributed by atoms with Gasteiger partial charge in [0.25, 0.3) is 0 Å². The van der Waals surface area contributed by atoms with Gasteiger partial charge in [-0.05, 0) is 55.9 Å². The van der Waals surface area contributed by atoms with Crippen LogP contribution in [0.4, 0.5) is 0 Å². The average Bonchev–Trinajstić information content (AvgIpc) is 2.49. The molecule has 0 spiro atoms. The molecule has 0 saturated heterocycles. The summed E-state index contributed by atoms with van der Waals surface area (Å²) in [5.41, 5.74) is 1.18. The number of hydrogen-bond donors (Lipinski definition) is 0. The Hall–Kier alpha value is 0.761. The molecule has 0 bridgehead atoms. The molecular weight excluding hydrogens is 395 g/mol. The smallest absolute Gasteiger partial charge is 0.331 e. The van der Waals surface area contributed by atoms with E-state index in [4.69, 9.17) is 12.6 Å². The van der Waals surface area contributed by atoms with Crippen molar-refractivity contribution in [2.24, 2.45) is 0 Å². The Morgan fingerprint density at radius 3 is 0.962 bits per heavy atom.